The fraction of sp³-hybridized carbons (Fsp3) is 0.412. The molecule has 0 spiro atoms. The summed E-state index contributed by atoms with van der Waals surface area (Å²) < 4.78 is 2.09. The van der Waals surface area contributed by atoms with E-state index in [1.807, 2.05) is 0 Å². The van der Waals surface area contributed by atoms with E-state index in [9.17, 15) is 9.59 Å². The molecule has 7 nitrogen and oxygen atoms in total. The van der Waals surface area contributed by atoms with Gasteiger partial charge in [0.2, 0.25) is 5.91 Å². The maximum Gasteiger partial charge on any atom is 0.251 e. The van der Waals surface area contributed by atoms with Gasteiger partial charge in [0.1, 0.15) is 5.82 Å². The first-order valence-electron chi connectivity index (χ1n) is 8.30. The van der Waals surface area contributed by atoms with Gasteiger partial charge in [-0.2, -0.15) is 0 Å². The molecule has 0 aliphatic heterocycles. The first kappa shape index (κ1) is 17.5. The van der Waals surface area contributed by atoms with Gasteiger partial charge in [0.25, 0.3) is 5.91 Å². The Morgan fingerprint density at radius 3 is 2.80 bits per heavy atom. The lowest BCUT2D eigenvalue weighted by molar-refractivity contribution is -0.113. The molecule has 0 radical (unpaired) electrons. The van der Waals surface area contributed by atoms with Gasteiger partial charge in [0.15, 0.2) is 5.16 Å². The minimum atomic E-state index is -0.186. The number of thioether (sulfide) groups is 1. The van der Waals surface area contributed by atoms with Crippen LogP contribution in [0.4, 0.5) is 5.69 Å². The average molecular weight is 359 g/mol. The summed E-state index contributed by atoms with van der Waals surface area (Å²) in [7, 11) is 1.57. The molecule has 1 fully saturated rings. The highest BCUT2D eigenvalue weighted by Gasteiger charge is 2.30. The smallest absolute Gasteiger partial charge is 0.251 e. The Bertz CT molecular complexity index is 785. The molecule has 1 aliphatic rings. The van der Waals surface area contributed by atoms with E-state index < -0.39 is 0 Å². The lowest BCUT2D eigenvalue weighted by atomic mass is 10.2. The molecular formula is C17H21N5O2S. The maximum absolute atomic E-state index is 12.2. The second-order valence-electron chi connectivity index (χ2n) is 5.86. The Morgan fingerprint density at radius 2 is 2.12 bits per heavy atom. The zero-order valence-corrected chi connectivity index (χ0v) is 15.1. The van der Waals surface area contributed by atoms with Gasteiger partial charge >= 0.3 is 0 Å². The summed E-state index contributed by atoms with van der Waals surface area (Å²) in [6.07, 6.45) is 2.34. The molecule has 2 amide bonds. The molecule has 1 aromatic carbocycles. The number of anilines is 1. The average Bonchev–Trinajstić information content (AvgIpc) is 3.39. The third kappa shape index (κ3) is 4.19. The van der Waals surface area contributed by atoms with E-state index in [0.29, 0.717) is 17.2 Å². The topological polar surface area (TPSA) is 88.9 Å². The SMILES string of the molecule is CCn1c(SCC(=O)Nc2cccc(C(=O)NC)c2)nnc1C1CC1. The molecule has 8 heteroatoms. The van der Waals surface area contributed by atoms with Crippen molar-refractivity contribution in [3.63, 3.8) is 0 Å². The molecule has 0 atom stereocenters. The number of carbonyl (C=O) groups is 2. The van der Waals surface area contributed by atoms with Crippen molar-refractivity contribution in [1.29, 1.82) is 0 Å². The van der Waals surface area contributed by atoms with E-state index in [1.54, 1.807) is 31.3 Å². The van der Waals surface area contributed by atoms with Crippen LogP contribution in [-0.4, -0.2) is 39.4 Å². The monoisotopic (exact) mass is 359 g/mol. The largest absolute Gasteiger partial charge is 0.355 e. The van der Waals surface area contributed by atoms with Crippen molar-refractivity contribution in [2.24, 2.45) is 0 Å². The van der Waals surface area contributed by atoms with E-state index in [2.05, 4.69) is 32.3 Å². The van der Waals surface area contributed by atoms with Crippen molar-refractivity contribution >= 4 is 29.3 Å². The van der Waals surface area contributed by atoms with Crippen LogP contribution in [0.2, 0.25) is 0 Å². The first-order chi connectivity index (χ1) is 12.1. The van der Waals surface area contributed by atoms with E-state index >= 15 is 0 Å². The Labute approximate surface area is 150 Å². The molecule has 2 aromatic rings. The Hall–Kier alpha value is -2.35. The zero-order valence-electron chi connectivity index (χ0n) is 14.3. The van der Waals surface area contributed by atoms with Crippen molar-refractivity contribution < 1.29 is 9.59 Å². The molecular weight excluding hydrogens is 338 g/mol. The zero-order chi connectivity index (χ0) is 17.8. The summed E-state index contributed by atoms with van der Waals surface area (Å²) in [6, 6.07) is 6.85. The number of amides is 2. The van der Waals surface area contributed by atoms with Gasteiger partial charge < -0.3 is 15.2 Å². The number of hydrogen-bond donors (Lipinski definition) is 2. The summed E-state index contributed by atoms with van der Waals surface area (Å²) in [6.45, 7) is 2.86. The van der Waals surface area contributed by atoms with Crippen LogP contribution >= 0.6 is 11.8 Å². The van der Waals surface area contributed by atoms with Crippen molar-refractivity contribution in [3.8, 4) is 0 Å². The second kappa shape index (κ2) is 7.69. The molecule has 25 heavy (non-hydrogen) atoms. The number of benzene rings is 1. The normalized spacial score (nSPS) is 13.5. The predicted octanol–water partition coefficient (Wildman–Crippen LogP) is 2.27. The fourth-order valence-electron chi connectivity index (χ4n) is 2.56. The standard InChI is InChI=1S/C17H21N5O2S/c1-3-22-15(11-7-8-11)20-21-17(22)25-10-14(23)19-13-6-4-5-12(9-13)16(24)18-2/h4-6,9,11H,3,7-8,10H2,1-2H3,(H,18,24)(H,19,23). The predicted molar refractivity (Wildman–Crippen MR) is 96.9 cm³/mol. The van der Waals surface area contributed by atoms with E-state index in [0.717, 1.165) is 17.5 Å². The number of hydrogen-bond acceptors (Lipinski definition) is 5. The highest BCUT2D eigenvalue weighted by Crippen LogP contribution is 2.39. The quantitative estimate of drug-likeness (QED) is 0.740. The van der Waals surface area contributed by atoms with Crippen LogP contribution in [-0.2, 0) is 11.3 Å². The number of nitrogens with zero attached hydrogens (tertiary/aromatic N) is 3. The van der Waals surface area contributed by atoms with Gasteiger partial charge in [-0.3, -0.25) is 9.59 Å². The maximum atomic E-state index is 12.2. The van der Waals surface area contributed by atoms with E-state index in [1.165, 1.54) is 24.6 Å². The highest BCUT2D eigenvalue weighted by molar-refractivity contribution is 7.99. The summed E-state index contributed by atoms with van der Waals surface area (Å²) in [5.74, 6) is 1.48. The molecule has 0 bridgehead atoms. The van der Waals surface area contributed by atoms with E-state index in [4.69, 9.17) is 0 Å². The molecule has 2 N–H and O–H groups in total. The van der Waals surface area contributed by atoms with E-state index in [-0.39, 0.29) is 17.6 Å². The van der Waals surface area contributed by atoms with Gasteiger partial charge in [-0.1, -0.05) is 17.8 Å². The third-order valence-electron chi connectivity index (χ3n) is 3.97. The van der Waals surface area contributed by atoms with Crippen LogP contribution < -0.4 is 10.6 Å². The molecule has 1 aromatic heterocycles. The van der Waals surface area contributed by atoms with Crippen LogP contribution in [0, 0.1) is 0 Å². The first-order valence-corrected chi connectivity index (χ1v) is 9.28. The summed E-state index contributed by atoms with van der Waals surface area (Å²) in [4.78, 5) is 23.8. The molecule has 1 saturated carbocycles. The van der Waals surface area contributed by atoms with Crippen molar-refractivity contribution in [2.75, 3.05) is 18.1 Å². The Morgan fingerprint density at radius 1 is 1.32 bits per heavy atom. The number of rotatable bonds is 7. The van der Waals surface area contributed by atoms with Crippen LogP contribution in [0.5, 0.6) is 0 Å². The molecule has 0 saturated heterocycles. The molecule has 1 aliphatic carbocycles. The number of aromatic nitrogens is 3. The van der Waals surface area contributed by atoms with Crippen LogP contribution in [0.1, 0.15) is 41.9 Å². The van der Waals surface area contributed by atoms with Gasteiger partial charge in [-0.05, 0) is 38.0 Å². The Kier molecular flexibility index (Phi) is 5.37. The summed E-state index contributed by atoms with van der Waals surface area (Å²) in [5, 5.41) is 14.6. The minimum Gasteiger partial charge on any atom is -0.355 e. The third-order valence-corrected chi connectivity index (χ3v) is 4.94. The summed E-state index contributed by atoms with van der Waals surface area (Å²) in [5.41, 5.74) is 1.11. The molecule has 3 rings (SSSR count). The van der Waals surface area contributed by atoms with Gasteiger partial charge in [0.05, 0.1) is 5.75 Å². The molecule has 1 heterocycles. The molecule has 132 valence electrons. The van der Waals surface area contributed by atoms with Crippen LogP contribution in [0.25, 0.3) is 0 Å². The van der Waals surface area contributed by atoms with Crippen molar-refractivity contribution in [1.82, 2.24) is 20.1 Å². The fourth-order valence-corrected chi connectivity index (χ4v) is 3.37. The van der Waals surface area contributed by atoms with Crippen molar-refractivity contribution in [2.45, 2.75) is 37.4 Å². The lowest BCUT2D eigenvalue weighted by Gasteiger charge is -2.08. The van der Waals surface area contributed by atoms with Gasteiger partial charge in [-0.25, -0.2) is 0 Å². The number of nitrogens with one attached hydrogen (secondary N) is 2. The van der Waals surface area contributed by atoms with Crippen molar-refractivity contribution in [3.05, 3.63) is 35.7 Å². The van der Waals surface area contributed by atoms with Crippen LogP contribution in [0.15, 0.2) is 29.4 Å². The highest BCUT2D eigenvalue weighted by atomic mass is 32.2. The summed E-state index contributed by atoms with van der Waals surface area (Å²) >= 11 is 1.38. The lowest BCUT2D eigenvalue weighted by Crippen LogP contribution is -2.19. The van der Waals surface area contributed by atoms with Gasteiger partial charge in [0, 0.05) is 30.8 Å². The van der Waals surface area contributed by atoms with Gasteiger partial charge in [-0.15, -0.1) is 10.2 Å². The number of carbonyl (C=O) groups excluding carboxylic acids is 2. The Balaban J connectivity index is 1.59. The molecule has 0 unspecified atom stereocenters. The van der Waals surface area contributed by atoms with Crippen LogP contribution in [0.3, 0.4) is 0 Å². The minimum absolute atomic E-state index is 0.141. The second-order valence-corrected chi connectivity index (χ2v) is 6.80.